The van der Waals surface area contributed by atoms with Crippen molar-refractivity contribution in [1.29, 1.82) is 0 Å². The van der Waals surface area contributed by atoms with Gasteiger partial charge in [0.25, 0.3) is 0 Å². The van der Waals surface area contributed by atoms with E-state index >= 15 is 0 Å². The van der Waals surface area contributed by atoms with E-state index in [-0.39, 0.29) is 17.1 Å². The van der Waals surface area contributed by atoms with E-state index in [4.69, 9.17) is 0 Å². The molecule has 150 valence electrons. The first kappa shape index (κ1) is 19.2. The first-order chi connectivity index (χ1) is 13.2. The van der Waals surface area contributed by atoms with Crippen molar-refractivity contribution in [3.63, 3.8) is 0 Å². The van der Waals surface area contributed by atoms with Crippen molar-refractivity contribution in [2.24, 2.45) is 0 Å². The van der Waals surface area contributed by atoms with Crippen molar-refractivity contribution in [2.75, 3.05) is 0 Å². The molecule has 0 radical (unpaired) electrons. The van der Waals surface area contributed by atoms with E-state index in [1.165, 1.54) is 24.3 Å². The standard InChI is InChI=1S/C21H21F4NO2/c22-16-3-1-2-15(12-16)18(27)20-10-8-19(26-20,9-11-20)13-14-4-6-17(7-5-14)28-21(23,24)25/h1-7,12,18,26-27H,8-11,13H2/t18-,19?,20?/m0/s1. The molecule has 0 spiro atoms. The van der Waals surface area contributed by atoms with E-state index in [1.54, 1.807) is 24.3 Å². The number of alkyl halides is 3. The van der Waals surface area contributed by atoms with Gasteiger partial charge in [-0.1, -0.05) is 24.3 Å². The van der Waals surface area contributed by atoms with E-state index < -0.39 is 18.0 Å². The second-order valence-electron chi connectivity index (χ2n) is 7.89. The lowest BCUT2D eigenvalue weighted by Crippen LogP contribution is -2.47. The second kappa shape index (κ2) is 6.74. The topological polar surface area (TPSA) is 41.5 Å². The first-order valence-electron chi connectivity index (χ1n) is 9.26. The highest BCUT2D eigenvalue weighted by atomic mass is 19.4. The Labute approximate surface area is 160 Å². The third kappa shape index (κ3) is 3.73. The Balaban J connectivity index is 1.46. The fraction of sp³-hybridized carbons (Fsp3) is 0.429. The normalized spacial score (nSPS) is 27.8. The van der Waals surface area contributed by atoms with Gasteiger partial charge < -0.3 is 15.2 Å². The van der Waals surface area contributed by atoms with Crippen molar-refractivity contribution in [3.8, 4) is 5.75 Å². The minimum absolute atomic E-state index is 0.208. The Bertz CT molecular complexity index is 842. The van der Waals surface area contributed by atoms with E-state index in [9.17, 15) is 22.7 Å². The SMILES string of the molecule is O[C@@H](c1cccc(F)c1)C12CCC(Cc3ccc(OC(F)(F)F)cc3)(CC1)N2. The van der Waals surface area contributed by atoms with Crippen LogP contribution >= 0.6 is 0 Å². The lowest BCUT2D eigenvalue weighted by atomic mass is 9.76. The number of benzene rings is 2. The minimum atomic E-state index is -4.70. The number of ether oxygens (including phenoxy) is 1. The molecular formula is C21H21F4NO2. The lowest BCUT2D eigenvalue weighted by molar-refractivity contribution is -0.274. The number of hydrogen-bond acceptors (Lipinski definition) is 3. The molecule has 2 N–H and O–H groups in total. The lowest BCUT2D eigenvalue weighted by Gasteiger charge is -2.32. The number of rotatable bonds is 5. The Morgan fingerprint density at radius 1 is 1.04 bits per heavy atom. The molecule has 0 saturated carbocycles. The van der Waals surface area contributed by atoms with Crippen molar-refractivity contribution in [1.82, 2.24) is 5.32 Å². The van der Waals surface area contributed by atoms with Crippen LogP contribution in [0.3, 0.4) is 0 Å². The summed E-state index contributed by atoms with van der Waals surface area (Å²) in [5.74, 6) is -0.619. The minimum Gasteiger partial charge on any atom is -0.406 e. The number of hydrogen-bond donors (Lipinski definition) is 2. The summed E-state index contributed by atoms with van der Waals surface area (Å²) >= 11 is 0. The Hall–Kier alpha value is -2.12. The summed E-state index contributed by atoms with van der Waals surface area (Å²) in [6.45, 7) is 0. The number of nitrogens with one attached hydrogen (secondary N) is 1. The fourth-order valence-corrected chi connectivity index (χ4v) is 4.71. The van der Waals surface area contributed by atoms with Crippen molar-refractivity contribution in [2.45, 2.75) is 55.6 Å². The average molecular weight is 395 g/mol. The average Bonchev–Trinajstić information content (AvgIpc) is 3.19. The summed E-state index contributed by atoms with van der Waals surface area (Å²) in [6.07, 6.45) is -1.64. The molecule has 7 heteroatoms. The maximum absolute atomic E-state index is 13.5. The number of halogens is 4. The van der Waals surface area contributed by atoms with Gasteiger partial charge in [-0.05, 0) is 67.5 Å². The summed E-state index contributed by atoms with van der Waals surface area (Å²) in [5.41, 5.74) is 0.757. The molecule has 28 heavy (non-hydrogen) atoms. The van der Waals surface area contributed by atoms with Crippen LogP contribution in [-0.4, -0.2) is 22.5 Å². The zero-order valence-electron chi connectivity index (χ0n) is 15.1. The highest BCUT2D eigenvalue weighted by molar-refractivity contribution is 5.32. The van der Waals surface area contributed by atoms with Crippen LogP contribution in [0, 0.1) is 5.82 Å². The van der Waals surface area contributed by atoms with E-state index in [1.807, 2.05) is 0 Å². The molecule has 2 aromatic rings. The zero-order chi connectivity index (χ0) is 20.0. The fourth-order valence-electron chi connectivity index (χ4n) is 4.71. The third-order valence-corrected chi connectivity index (χ3v) is 6.00. The predicted molar refractivity (Wildman–Crippen MR) is 95.3 cm³/mol. The van der Waals surface area contributed by atoms with Gasteiger partial charge in [0, 0.05) is 11.1 Å². The van der Waals surface area contributed by atoms with E-state index in [0.717, 1.165) is 31.2 Å². The summed E-state index contributed by atoms with van der Waals surface area (Å²) in [7, 11) is 0. The maximum Gasteiger partial charge on any atom is 0.573 e. The third-order valence-electron chi connectivity index (χ3n) is 6.00. The van der Waals surface area contributed by atoms with Crippen LogP contribution in [0.4, 0.5) is 17.6 Å². The van der Waals surface area contributed by atoms with Gasteiger partial charge in [-0.2, -0.15) is 0 Å². The van der Waals surface area contributed by atoms with Crippen LogP contribution in [0.15, 0.2) is 48.5 Å². The van der Waals surface area contributed by atoms with Gasteiger partial charge >= 0.3 is 6.36 Å². The molecule has 0 aromatic heterocycles. The summed E-state index contributed by atoms with van der Waals surface area (Å²) in [4.78, 5) is 0. The highest BCUT2D eigenvalue weighted by Crippen LogP contribution is 2.51. The van der Waals surface area contributed by atoms with Crippen molar-refractivity contribution in [3.05, 3.63) is 65.5 Å². The molecule has 2 aliphatic rings. The molecule has 2 heterocycles. The Morgan fingerprint density at radius 2 is 1.71 bits per heavy atom. The highest BCUT2D eigenvalue weighted by Gasteiger charge is 2.56. The predicted octanol–water partition coefficient (Wildman–Crippen LogP) is 4.66. The first-order valence-corrected chi connectivity index (χ1v) is 9.26. The largest absolute Gasteiger partial charge is 0.573 e. The van der Waals surface area contributed by atoms with Gasteiger partial charge in [0.2, 0.25) is 0 Å². The number of aliphatic hydroxyl groups excluding tert-OH is 1. The van der Waals surface area contributed by atoms with Gasteiger partial charge in [-0.25, -0.2) is 4.39 Å². The summed E-state index contributed by atoms with van der Waals surface area (Å²) < 4.78 is 54.3. The molecule has 1 atom stereocenters. The van der Waals surface area contributed by atoms with Crippen LogP contribution in [-0.2, 0) is 6.42 Å². The molecule has 2 fully saturated rings. The zero-order valence-corrected chi connectivity index (χ0v) is 15.1. The van der Waals surface area contributed by atoms with Crippen LogP contribution < -0.4 is 10.1 Å². The van der Waals surface area contributed by atoms with Crippen molar-refractivity contribution >= 4 is 0 Å². The molecule has 2 bridgehead atoms. The summed E-state index contributed by atoms with van der Waals surface area (Å²) in [5, 5.41) is 14.5. The van der Waals surface area contributed by atoms with Gasteiger partial charge in [0.15, 0.2) is 0 Å². The molecule has 0 amide bonds. The Kier molecular flexibility index (Phi) is 4.62. The van der Waals surface area contributed by atoms with Crippen LogP contribution in [0.25, 0.3) is 0 Å². The van der Waals surface area contributed by atoms with Crippen molar-refractivity contribution < 1.29 is 27.4 Å². The van der Waals surface area contributed by atoms with Gasteiger partial charge in [-0.15, -0.1) is 13.2 Å². The van der Waals surface area contributed by atoms with Gasteiger partial charge in [-0.3, -0.25) is 0 Å². The molecule has 2 aromatic carbocycles. The molecule has 0 aliphatic carbocycles. The molecule has 4 rings (SSSR count). The van der Waals surface area contributed by atoms with Crippen LogP contribution in [0.2, 0.25) is 0 Å². The number of fused-ring (bicyclic) bond motifs is 2. The smallest absolute Gasteiger partial charge is 0.406 e. The van der Waals surface area contributed by atoms with E-state index in [0.29, 0.717) is 12.0 Å². The molecule has 0 unspecified atom stereocenters. The summed E-state index contributed by atoms with van der Waals surface area (Å²) in [6, 6.07) is 11.9. The van der Waals surface area contributed by atoms with Gasteiger partial charge in [0.05, 0.1) is 6.10 Å². The monoisotopic (exact) mass is 395 g/mol. The van der Waals surface area contributed by atoms with Crippen LogP contribution in [0.5, 0.6) is 5.75 Å². The quantitative estimate of drug-likeness (QED) is 0.724. The van der Waals surface area contributed by atoms with Gasteiger partial charge in [0.1, 0.15) is 11.6 Å². The van der Waals surface area contributed by atoms with E-state index in [2.05, 4.69) is 10.1 Å². The van der Waals surface area contributed by atoms with Crippen LogP contribution in [0.1, 0.15) is 42.9 Å². The Morgan fingerprint density at radius 3 is 2.32 bits per heavy atom. The molecule has 2 saturated heterocycles. The molecule has 3 nitrogen and oxygen atoms in total. The molecular weight excluding hydrogens is 374 g/mol. The second-order valence-corrected chi connectivity index (χ2v) is 7.89. The maximum atomic E-state index is 13.5. The number of aliphatic hydroxyl groups is 1. The molecule has 2 aliphatic heterocycles.